The SMILES string of the molecule is NC[C@@H]1O[C@H](O[C@H]2[C@@H](O)[C@H](O[C@@H]3[C@@H](O)[C@H](N)C[C@H](N)[C@H]3O[C@H]3O[C@H](CN)[C@@H](O)CC3(N)O)O[C@@H]2CO)[C@H](N)[C@@H](O)[C@@H]1O. The van der Waals surface area contributed by atoms with Crippen molar-refractivity contribution < 1.29 is 64.2 Å². The Bertz CT molecular complexity index is 881. The van der Waals surface area contributed by atoms with Gasteiger partial charge in [-0.1, -0.05) is 0 Å². The third kappa shape index (κ3) is 6.74. The molecule has 19 N–H and O–H groups in total. The Hall–Kier alpha value is -0.760. The fraction of sp³-hybridized carbons (Fsp3) is 1.00. The molecule has 0 bridgehead atoms. The number of ether oxygens (including phenoxy) is 6. The van der Waals surface area contributed by atoms with Gasteiger partial charge < -0.3 is 92.8 Å². The van der Waals surface area contributed by atoms with E-state index in [4.69, 9.17) is 62.8 Å². The van der Waals surface area contributed by atoms with Gasteiger partial charge in [-0.25, -0.2) is 0 Å². The summed E-state index contributed by atoms with van der Waals surface area (Å²) in [6.45, 7) is -0.928. The maximum atomic E-state index is 11.1. The van der Waals surface area contributed by atoms with Gasteiger partial charge in [-0.15, -0.1) is 0 Å². The highest BCUT2D eigenvalue weighted by atomic mass is 16.8. The molecule has 19 nitrogen and oxygen atoms in total. The van der Waals surface area contributed by atoms with Crippen molar-refractivity contribution in [2.24, 2.45) is 34.4 Å². The van der Waals surface area contributed by atoms with Gasteiger partial charge in [0.1, 0.15) is 48.8 Å². The second-order valence-electron chi connectivity index (χ2n) is 11.4. The van der Waals surface area contributed by atoms with Gasteiger partial charge >= 0.3 is 0 Å². The molecule has 246 valence electrons. The minimum atomic E-state index is -2.16. The molecule has 42 heavy (non-hydrogen) atoms. The van der Waals surface area contributed by atoms with Crippen molar-refractivity contribution in [1.29, 1.82) is 0 Å². The molecule has 0 spiro atoms. The van der Waals surface area contributed by atoms with Crippen LogP contribution in [0.1, 0.15) is 12.8 Å². The maximum Gasteiger partial charge on any atom is 0.201 e. The predicted molar refractivity (Wildman–Crippen MR) is 138 cm³/mol. The Labute approximate surface area is 241 Å². The van der Waals surface area contributed by atoms with Crippen LogP contribution in [-0.4, -0.2) is 165 Å². The van der Waals surface area contributed by atoms with Gasteiger partial charge in [-0.3, -0.25) is 5.73 Å². The Morgan fingerprint density at radius 1 is 0.690 bits per heavy atom. The molecule has 0 aromatic heterocycles. The number of hydrogen-bond donors (Lipinski definition) is 13. The summed E-state index contributed by atoms with van der Waals surface area (Å²) in [6.07, 6.45) is -18.8. The van der Waals surface area contributed by atoms with E-state index in [9.17, 15) is 35.7 Å². The van der Waals surface area contributed by atoms with Gasteiger partial charge in [-0.05, 0) is 6.42 Å². The Morgan fingerprint density at radius 2 is 1.31 bits per heavy atom. The number of rotatable bonds is 9. The molecule has 1 saturated carbocycles. The highest BCUT2D eigenvalue weighted by Gasteiger charge is 2.55. The van der Waals surface area contributed by atoms with Crippen LogP contribution in [0.15, 0.2) is 0 Å². The van der Waals surface area contributed by atoms with Crippen molar-refractivity contribution >= 4 is 0 Å². The summed E-state index contributed by atoms with van der Waals surface area (Å²) in [5.74, 6) is 0. The Morgan fingerprint density at radius 3 is 1.93 bits per heavy atom. The van der Waals surface area contributed by atoms with Gasteiger partial charge in [-0.2, -0.15) is 0 Å². The molecule has 4 aliphatic rings. The lowest BCUT2D eigenvalue weighted by atomic mass is 9.84. The molecule has 0 aromatic rings. The first-order chi connectivity index (χ1) is 19.7. The van der Waals surface area contributed by atoms with Gasteiger partial charge in [0.25, 0.3) is 0 Å². The molecule has 3 aliphatic heterocycles. The van der Waals surface area contributed by atoms with Crippen LogP contribution in [0.25, 0.3) is 0 Å². The molecular weight excluding hydrogens is 568 g/mol. The van der Waals surface area contributed by atoms with Crippen LogP contribution in [-0.2, 0) is 28.4 Å². The number of nitrogens with two attached hydrogens (primary N) is 6. The zero-order chi connectivity index (χ0) is 31.1. The average molecular weight is 615 g/mol. The van der Waals surface area contributed by atoms with E-state index in [1.165, 1.54) is 0 Å². The van der Waals surface area contributed by atoms with Crippen molar-refractivity contribution in [2.75, 3.05) is 19.7 Å². The number of hydrogen-bond acceptors (Lipinski definition) is 19. The van der Waals surface area contributed by atoms with Gasteiger partial charge in [0.15, 0.2) is 18.3 Å². The van der Waals surface area contributed by atoms with Crippen LogP contribution >= 0.6 is 0 Å². The van der Waals surface area contributed by atoms with E-state index < -0.39 is 116 Å². The third-order valence-corrected chi connectivity index (χ3v) is 8.28. The van der Waals surface area contributed by atoms with E-state index >= 15 is 0 Å². The molecule has 3 saturated heterocycles. The zero-order valence-electron chi connectivity index (χ0n) is 22.9. The molecule has 4 fully saturated rings. The molecule has 18 atom stereocenters. The third-order valence-electron chi connectivity index (χ3n) is 8.28. The molecule has 1 unspecified atom stereocenters. The second-order valence-corrected chi connectivity index (χ2v) is 11.4. The highest BCUT2D eigenvalue weighted by Crippen LogP contribution is 2.35. The molecule has 0 aromatic carbocycles. The molecule has 0 amide bonds. The van der Waals surface area contributed by atoms with E-state index in [2.05, 4.69) is 0 Å². The Kier molecular flexibility index (Phi) is 11.1. The van der Waals surface area contributed by atoms with E-state index in [1.54, 1.807) is 0 Å². The van der Waals surface area contributed by atoms with E-state index in [0.717, 1.165) is 0 Å². The normalized spacial score (nSPS) is 53.8. The van der Waals surface area contributed by atoms with Crippen molar-refractivity contribution in [3.05, 3.63) is 0 Å². The lowest BCUT2D eigenvalue weighted by Crippen LogP contribution is -2.68. The van der Waals surface area contributed by atoms with E-state index in [-0.39, 0.29) is 25.9 Å². The number of aliphatic hydroxyl groups is 7. The summed E-state index contributed by atoms with van der Waals surface area (Å²) < 4.78 is 34.5. The summed E-state index contributed by atoms with van der Waals surface area (Å²) in [4.78, 5) is 0. The lowest BCUT2D eigenvalue weighted by Gasteiger charge is -2.48. The molecule has 3 heterocycles. The Balaban J connectivity index is 1.50. The summed E-state index contributed by atoms with van der Waals surface area (Å²) in [6, 6.07) is -3.02. The summed E-state index contributed by atoms with van der Waals surface area (Å²) in [5, 5.41) is 73.3. The van der Waals surface area contributed by atoms with Crippen LogP contribution < -0.4 is 34.4 Å². The first-order valence-corrected chi connectivity index (χ1v) is 13.9. The van der Waals surface area contributed by atoms with Crippen LogP contribution in [0.3, 0.4) is 0 Å². The van der Waals surface area contributed by atoms with Crippen molar-refractivity contribution in [2.45, 2.75) is 123 Å². The van der Waals surface area contributed by atoms with Crippen LogP contribution in [0.5, 0.6) is 0 Å². The van der Waals surface area contributed by atoms with Crippen LogP contribution in [0, 0.1) is 0 Å². The maximum absolute atomic E-state index is 11.1. The molecule has 19 heteroatoms. The standard InChI is InChI=1S/C23H46N6O13/c24-3-9-8(31)2-23(29,36)22(39-9)42-17-7(27)1-6(26)13(32)19(17)41-21-16(35)18(11(5-30)38-21)40-20-12(28)15(34)14(33)10(4-25)37-20/h6-22,30-36H,1-5,24-29H2/t6-,7+,8+,9-,10+,11-,12-,13+,14-,15-,16-,17-,18-,19-,20-,21+,22-,23?/m1/s1. The quantitative estimate of drug-likeness (QED) is 0.107. The fourth-order valence-corrected chi connectivity index (χ4v) is 5.75. The molecule has 4 rings (SSSR count). The smallest absolute Gasteiger partial charge is 0.201 e. The van der Waals surface area contributed by atoms with Gasteiger partial charge in [0, 0.05) is 31.6 Å². The van der Waals surface area contributed by atoms with Crippen LogP contribution in [0.2, 0.25) is 0 Å². The predicted octanol–water partition coefficient (Wildman–Crippen LogP) is -8.55. The largest absolute Gasteiger partial charge is 0.394 e. The lowest BCUT2D eigenvalue weighted by molar-refractivity contribution is -0.336. The van der Waals surface area contributed by atoms with Gasteiger partial charge in [0.05, 0.1) is 31.0 Å². The number of aliphatic hydroxyl groups excluding tert-OH is 6. The molecule has 1 aliphatic carbocycles. The summed E-state index contributed by atoms with van der Waals surface area (Å²) >= 11 is 0. The van der Waals surface area contributed by atoms with E-state index in [0.29, 0.717) is 0 Å². The minimum absolute atomic E-state index is 0.0663. The average Bonchev–Trinajstić information content (AvgIpc) is 3.23. The van der Waals surface area contributed by atoms with Crippen molar-refractivity contribution in [3.8, 4) is 0 Å². The van der Waals surface area contributed by atoms with Gasteiger partial charge in [0.2, 0.25) is 6.29 Å². The summed E-state index contributed by atoms with van der Waals surface area (Å²) in [7, 11) is 0. The second kappa shape index (κ2) is 13.7. The molecule has 0 radical (unpaired) electrons. The molecular formula is C23H46N6O13. The monoisotopic (exact) mass is 614 g/mol. The highest BCUT2D eigenvalue weighted by molar-refractivity contribution is 5.02. The van der Waals surface area contributed by atoms with Crippen molar-refractivity contribution in [1.82, 2.24) is 0 Å². The van der Waals surface area contributed by atoms with Crippen LogP contribution in [0.4, 0.5) is 0 Å². The topological polar surface area (TPSA) is 353 Å². The first kappa shape index (κ1) is 34.1. The zero-order valence-corrected chi connectivity index (χ0v) is 22.9. The fourth-order valence-electron chi connectivity index (χ4n) is 5.75. The summed E-state index contributed by atoms with van der Waals surface area (Å²) in [5.41, 5.74) is 33.4. The van der Waals surface area contributed by atoms with E-state index in [1.807, 2.05) is 0 Å². The minimum Gasteiger partial charge on any atom is -0.394 e. The first-order valence-electron chi connectivity index (χ1n) is 13.9. The van der Waals surface area contributed by atoms with Crippen molar-refractivity contribution in [3.63, 3.8) is 0 Å².